The number of benzene rings is 1. The highest BCUT2D eigenvalue weighted by atomic mass is 16.3. The Morgan fingerprint density at radius 2 is 1.82 bits per heavy atom. The Bertz CT molecular complexity index is 527. The minimum Gasteiger partial charge on any atom is -0.506 e. The average Bonchev–Trinajstić information content (AvgIpc) is 2.54. The van der Waals surface area contributed by atoms with Gasteiger partial charge in [0.15, 0.2) is 0 Å². The lowest BCUT2D eigenvalue weighted by Crippen LogP contribution is -2.50. The standard InChI is InChI=1S/C15H22N4O3/c1-16-14(21)10-17-15(22)11-18-6-8-19(9-7-18)12-4-2-3-5-13(12)20/h2-5,20H,6-11H2,1H3,(H,16,21)(H,17,22). The van der Waals surface area contributed by atoms with E-state index in [1.807, 2.05) is 17.0 Å². The molecule has 0 unspecified atom stereocenters. The summed E-state index contributed by atoms with van der Waals surface area (Å²) in [5.41, 5.74) is 0.825. The van der Waals surface area contributed by atoms with Crippen molar-refractivity contribution in [3.8, 4) is 5.75 Å². The van der Waals surface area contributed by atoms with E-state index in [1.54, 1.807) is 12.1 Å². The van der Waals surface area contributed by atoms with Gasteiger partial charge in [0.2, 0.25) is 11.8 Å². The fraction of sp³-hybridized carbons (Fsp3) is 0.467. The summed E-state index contributed by atoms with van der Waals surface area (Å²) in [6.07, 6.45) is 0. The number of aromatic hydroxyl groups is 1. The van der Waals surface area contributed by atoms with Gasteiger partial charge in [0.25, 0.3) is 0 Å². The zero-order valence-electron chi connectivity index (χ0n) is 12.7. The Morgan fingerprint density at radius 3 is 2.45 bits per heavy atom. The second kappa shape index (κ2) is 7.65. The van der Waals surface area contributed by atoms with E-state index >= 15 is 0 Å². The third-order valence-electron chi connectivity index (χ3n) is 3.69. The maximum Gasteiger partial charge on any atom is 0.239 e. The molecule has 0 spiro atoms. The molecule has 2 rings (SSSR count). The van der Waals surface area contributed by atoms with Crippen LogP contribution in [-0.2, 0) is 9.59 Å². The van der Waals surface area contributed by atoms with Gasteiger partial charge in [-0.05, 0) is 12.1 Å². The molecule has 0 atom stereocenters. The lowest BCUT2D eigenvalue weighted by atomic mass is 10.2. The number of likely N-dealkylation sites (N-methyl/N-ethyl adjacent to an activating group) is 1. The van der Waals surface area contributed by atoms with Crippen molar-refractivity contribution in [2.24, 2.45) is 0 Å². The zero-order valence-corrected chi connectivity index (χ0v) is 12.7. The number of phenolic OH excluding ortho intramolecular Hbond substituents is 1. The number of nitrogens with one attached hydrogen (secondary N) is 2. The third kappa shape index (κ3) is 4.36. The van der Waals surface area contributed by atoms with Crippen LogP contribution >= 0.6 is 0 Å². The number of amides is 2. The number of rotatable bonds is 5. The van der Waals surface area contributed by atoms with E-state index in [9.17, 15) is 14.7 Å². The van der Waals surface area contributed by atoms with Crippen molar-refractivity contribution >= 4 is 17.5 Å². The number of nitrogens with zero attached hydrogens (tertiary/aromatic N) is 2. The van der Waals surface area contributed by atoms with Gasteiger partial charge >= 0.3 is 0 Å². The van der Waals surface area contributed by atoms with Crippen LogP contribution in [0.5, 0.6) is 5.75 Å². The number of para-hydroxylation sites is 2. The van der Waals surface area contributed by atoms with Crippen LogP contribution in [0.25, 0.3) is 0 Å². The third-order valence-corrected chi connectivity index (χ3v) is 3.69. The maximum absolute atomic E-state index is 11.8. The number of hydrogen-bond donors (Lipinski definition) is 3. The Hall–Kier alpha value is -2.28. The second-order valence-corrected chi connectivity index (χ2v) is 5.20. The smallest absolute Gasteiger partial charge is 0.239 e. The first-order valence-corrected chi connectivity index (χ1v) is 7.32. The van der Waals surface area contributed by atoms with Gasteiger partial charge in [-0.1, -0.05) is 12.1 Å². The van der Waals surface area contributed by atoms with E-state index in [2.05, 4.69) is 15.5 Å². The van der Waals surface area contributed by atoms with Crippen LogP contribution in [-0.4, -0.2) is 68.1 Å². The van der Waals surface area contributed by atoms with Crippen LogP contribution < -0.4 is 15.5 Å². The van der Waals surface area contributed by atoms with Crippen LogP contribution in [0.2, 0.25) is 0 Å². The van der Waals surface area contributed by atoms with Crippen molar-refractivity contribution in [2.75, 3.05) is 51.2 Å². The highest BCUT2D eigenvalue weighted by Gasteiger charge is 2.20. The zero-order chi connectivity index (χ0) is 15.9. The molecule has 1 aliphatic heterocycles. The molecule has 3 N–H and O–H groups in total. The molecular weight excluding hydrogens is 284 g/mol. The van der Waals surface area contributed by atoms with Gasteiger partial charge in [0.1, 0.15) is 5.75 Å². The first-order chi connectivity index (χ1) is 10.6. The molecule has 1 aromatic carbocycles. The Balaban J connectivity index is 1.76. The van der Waals surface area contributed by atoms with Crippen molar-refractivity contribution in [1.29, 1.82) is 0 Å². The minimum absolute atomic E-state index is 0.00713. The van der Waals surface area contributed by atoms with Gasteiger partial charge in [-0.3, -0.25) is 14.5 Å². The minimum atomic E-state index is -0.210. The quantitative estimate of drug-likeness (QED) is 0.675. The number of piperazine rings is 1. The highest BCUT2D eigenvalue weighted by Crippen LogP contribution is 2.26. The number of carbonyl (C=O) groups is 2. The molecule has 1 aromatic rings. The monoisotopic (exact) mass is 306 g/mol. The summed E-state index contributed by atoms with van der Waals surface area (Å²) in [7, 11) is 1.53. The lowest BCUT2D eigenvalue weighted by Gasteiger charge is -2.35. The summed E-state index contributed by atoms with van der Waals surface area (Å²) in [4.78, 5) is 27.0. The van der Waals surface area contributed by atoms with E-state index in [1.165, 1.54) is 7.05 Å². The first-order valence-electron chi connectivity index (χ1n) is 7.32. The lowest BCUT2D eigenvalue weighted by molar-refractivity contribution is -0.126. The maximum atomic E-state index is 11.8. The Morgan fingerprint density at radius 1 is 1.14 bits per heavy atom. The van der Waals surface area contributed by atoms with Crippen LogP contribution in [0.1, 0.15) is 0 Å². The normalized spacial score (nSPS) is 15.4. The van der Waals surface area contributed by atoms with E-state index in [4.69, 9.17) is 0 Å². The van der Waals surface area contributed by atoms with Gasteiger partial charge in [-0.2, -0.15) is 0 Å². The SMILES string of the molecule is CNC(=O)CNC(=O)CN1CCN(c2ccccc2O)CC1. The van der Waals surface area contributed by atoms with Crippen molar-refractivity contribution in [1.82, 2.24) is 15.5 Å². The predicted molar refractivity (Wildman–Crippen MR) is 83.8 cm³/mol. The van der Waals surface area contributed by atoms with Crippen molar-refractivity contribution in [3.05, 3.63) is 24.3 Å². The van der Waals surface area contributed by atoms with E-state index in [0.717, 1.165) is 31.9 Å². The summed E-state index contributed by atoms with van der Waals surface area (Å²) >= 11 is 0. The van der Waals surface area contributed by atoms with Crippen LogP contribution in [0.4, 0.5) is 5.69 Å². The molecule has 1 saturated heterocycles. The Kier molecular flexibility index (Phi) is 5.60. The molecule has 0 radical (unpaired) electrons. The fourth-order valence-electron chi connectivity index (χ4n) is 2.40. The molecule has 1 heterocycles. The summed E-state index contributed by atoms with van der Waals surface area (Å²) in [5, 5.41) is 14.9. The van der Waals surface area contributed by atoms with Crippen molar-refractivity contribution in [3.63, 3.8) is 0 Å². The van der Waals surface area contributed by atoms with Crippen LogP contribution in [0.3, 0.4) is 0 Å². The second-order valence-electron chi connectivity index (χ2n) is 5.20. The number of carbonyl (C=O) groups excluding carboxylic acids is 2. The fourth-order valence-corrected chi connectivity index (χ4v) is 2.40. The van der Waals surface area contributed by atoms with E-state index in [-0.39, 0.29) is 30.7 Å². The summed E-state index contributed by atoms with van der Waals surface area (Å²) < 4.78 is 0. The highest BCUT2D eigenvalue weighted by molar-refractivity contribution is 5.85. The topological polar surface area (TPSA) is 84.9 Å². The molecule has 1 aliphatic rings. The van der Waals surface area contributed by atoms with E-state index < -0.39 is 0 Å². The van der Waals surface area contributed by atoms with Gasteiger partial charge in [-0.25, -0.2) is 0 Å². The van der Waals surface area contributed by atoms with Crippen LogP contribution in [0.15, 0.2) is 24.3 Å². The number of hydrogen-bond acceptors (Lipinski definition) is 5. The summed E-state index contributed by atoms with van der Waals surface area (Å²) in [6, 6.07) is 7.26. The largest absolute Gasteiger partial charge is 0.506 e. The molecule has 1 fully saturated rings. The molecule has 120 valence electrons. The van der Waals surface area contributed by atoms with Gasteiger partial charge in [0.05, 0.1) is 18.8 Å². The molecule has 0 bridgehead atoms. The molecule has 2 amide bonds. The Labute approximate surface area is 129 Å². The predicted octanol–water partition coefficient (Wildman–Crippen LogP) is -0.624. The summed E-state index contributed by atoms with van der Waals surface area (Å²) in [6.45, 7) is 3.27. The first kappa shape index (κ1) is 16.1. The van der Waals surface area contributed by atoms with Gasteiger partial charge < -0.3 is 20.6 Å². The molecule has 0 aliphatic carbocycles. The molecule has 22 heavy (non-hydrogen) atoms. The van der Waals surface area contributed by atoms with Crippen LogP contribution in [0, 0.1) is 0 Å². The molecule has 7 nitrogen and oxygen atoms in total. The van der Waals surface area contributed by atoms with Crippen molar-refractivity contribution in [2.45, 2.75) is 0 Å². The van der Waals surface area contributed by atoms with E-state index in [0.29, 0.717) is 0 Å². The van der Waals surface area contributed by atoms with Gasteiger partial charge in [0, 0.05) is 33.2 Å². The van der Waals surface area contributed by atoms with Gasteiger partial charge in [-0.15, -0.1) is 0 Å². The molecule has 0 saturated carbocycles. The number of anilines is 1. The van der Waals surface area contributed by atoms with Crippen molar-refractivity contribution < 1.29 is 14.7 Å². The average molecular weight is 306 g/mol. The molecule has 0 aromatic heterocycles. The molecule has 7 heteroatoms. The summed E-state index contributed by atoms with van der Waals surface area (Å²) in [5.74, 6) is -0.0865. The molecular formula is C15H22N4O3. The number of phenols is 1.